The highest BCUT2D eigenvalue weighted by atomic mass is 16.4. The van der Waals surface area contributed by atoms with Gasteiger partial charge in [-0.15, -0.1) is 0 Å². The predicted octanol–water partition coefficient (Wildman–Crippen LogP) is 1.06. The molecule has 1 N–H and O–H groups in total. The molecule has 0 atom stereocenters. The van der Waals surface area contributed by atoms with Crippen molar-refractivity contribution in [2.24, 2.45) is 0 Å². The van der Waals surface area contributed by atoms with E-state index in [9.17, 15) is 4.79 Å². The number of carbonyl (C=O) groups is 1. The van der Waals surface area contributed by atoms with Crippen LogP contribution in [0.15, 0.2) is 18.2 Å². The Balaban J connectivity index is 1.67. The third kappa shape index (κ3) is 2.31. The summed E-state index contributed by atoms with van der Waals surface area (Å²) >= 11 is 0. The fourth-order valence-corrected chi connectivity index (χ4v) is 2.47. The number of rotatable bonds is 3. The van der Waals surface area contributed by atoms with E-state index < -0.39 is 5.97 Å². The highest BCUT2D eigenvalue weighted by Gasteiger charge is 2.31. The van der Waals surface area contributed by atoms with E-state index in [1.807, 2.05) is 6.07 Å². The standard InChI is InChI=1S/C13H17N3O2/c17-13(18)11-2-1-3-12(14-11)16-8-6-15(7-9-16)10-4-5-10/h1-3,10H,4-9H2,(H,17,18). The largest absolute Gasteiger partial charge is 0.477 e. The average molecular weight is 247 g/mol. The topological polar surface area (TPSA) is 56.7 Å². The molecule has 1 saturated carbocycles. The minimum atomic E-state index is -0.964. The minimum absolute atomic E-state index is 0.122. The van der Waals surface area contributed by atoms with Crippen molar-refractivity contribution < 1.29 is 9.90 Å². The predicted molar refractivity (Wildman–Crippen MR) is 68.0 cm³/mol. The Bertz CT molecular complexity index is 451. The maximum absolute atomic E-state index is 10.9. The molecule has 0 amide bonds. The number of aromatic nitrogens is 1. The first-order valence-corrected chi connectivity index (χ1v) is 6.43. The van der Waals surface area contributed by atoms with Gasteiger partial charge in [0.25, 0.3) is 0 Å². The fraction of sp³-hybridized carbons (Fsp3) is 0.538. The Labute approximate surface area is 106 Å². The van der Waals surface area contributed by atoms with Crippen LogP contribution in [0.4, 0.5) is 5.82 Å². The van der Waals surface area contributed by atoms with Crippen molar-refractivity contribution in [2.45, 2.75) is 18.9 Å². The Morgan fingerprint density at radius 2 is 1.94 bits per heavy atom. The molecule has 5 nitrogen and oxygen atoms in total. The molecule has 1 aromatic rings. The van der Waals surface area contributed by atoms with Crippen molar-refractivity contribution in [3.63, 3.8) is 0 Å². The van der Waals surface area contributed by atoms with Crippen LogP contribution in [0, 0.1) is 0 Å². The van der Waals surface area contributed by atoms with E-state index in [0.29, 0.717) is 0 Å². The number of aromatic carboxylic acids is 1. The maximum Gasteiger partial charge on any atom is 0.354 e. The lowest BCUT2D eigenvalue weighted by atomic mass is 10.3. The van der Waals surface area contributed by atoms with Crippen LogP contribution in [0.25, 0.3) is 0 Å². The molecular weight excluding hydrogens is 230 g/mol. The highest BCUT2D eigenvalue weighted by Crippen LogP contribution is 2.28. The van der Waals surface area contributed by atoms with Crippen LogP contribution >= 0.6 is 0 Å². The summed E-state index contributed by atoms with van der Waals surface area (Å²) in [7, 11) is 0. The molecule has 2 aliphatic rings. The number of nitrogens with zero attached hydrogens (tertiary/aromatic N) is 3. The van der Waals surface area contributed by atoms with Gasteiger partial charge in [0.05, 0.1) is 0 Å². The van der Waals surface area contributed by atoms with Gasteiger partial charge >= 0.3 is 5.97 Å². The van der Waals surface area contributed by atoms with Gasteiger partial charge < -0.3 is 10.0 Å². The van der Waals surface area contributed by atoms with Crippen molar-refractivity contribution in [2.75, 3.05) is 31.1 Å². The lowest BCUT2D eigenvalue weighted by Crippen LogP contribution is -2.47. The zero-order chi connectivity index (χ0) is 12.5. The molecular formula is C13H17N3O2. The van der Waals surface area contributed by atoms with Gasteiger partial charge in [-0.2, -0.15) is 0 Å². The number of carboxylic acids is 1. The van der Waals surface area contributed by atoms with E-state index in [-0.39, 0.29) is 5.69 Å². The molecule has 1 aromatic heterocycles. The molecule has 0 aromatic carbocycles. The van der Waals surface area contributed by atoms with Crippen molar-refractivity contribution in [1.29, 1.82) is 0 Å². The Hall–Kier alpha value is -1.62. The normalized spacial score (nSPS) is 21.0. The monoisotopic (exact) mass is 247 g/mol. The second-order valence-corrected chi connectivity index (χ2v) is 4.94. The van der Waals surface area contributed by atoms with E-state index >= 15 is 0 Å². The van der Waals surface area contributed by atoms with Gasteiger partial charge in [-0.3, -0.25) is 4.90 Å². The van der Waals surface area contributed by atoms with Gasteiger partial charge in [-0.1, -0.05) is 6.07 Å². The van der Waals surface area contributed by atoms with Crippen molar-refractivity contribution in [1.82, 2.24) is 9.88 Å². The van der Waals surface area contributed by atoms with Gasteiger partial charge in [0.2, 0.25) is 0 Å². The van der Waals surface area contributed by atoms with Gasteiger partial charge in [-0.25, -0.2) is 9.78 Å². The first-order valence-electron chi connectivity index (χ1n) is 6.43. The van der Waals surface area contributed by atoms with Gasteiger partial charge in [0, 0.05) is 32.2 Å². The van der Waals surface area contributed by atoms with Gasteiger partial charge in [-0.05, 0) is 25.0 Å². The molecule has 5 heteroatoms. The highest BCUT2D eigenvalue weighted by molar-refractivity contribution is 5.85. The molecule has 2 fully saturated rings. The van der Waals surface area contributed by atoms with Crippen LogP contribution in [0.5, 0.6) is 0 Å². The van der Waals surface area contributed by atoms with E-state index in [0.717, 1.165) is 38.0 Å². The maximum atomic E-state index is 10.9. The number of pyridine rings is 1. The van der Waals surface area contributed by atoms with Crippen molar-refractivity contribution in [3.05, 3.63) is 23.9 Å². The zero-order valence-corrected chi connectivity index (χ0v) is 10.2. The summed E-state index contributed by atoms with van der Waals surface area (Å²) in [5, 5.41) is 8.94. The molecule has 96 valence electrons. The molecule has 3 rings (SSSR count). The third-order valence-corrected chi connectivity index (χ3v) is 3.66. The molecule has 0 unspecified atom stereocenters. The zero-order valence-electron chi connectivity index (χ0n) is 10.2. The van der Waals surface area contributed by atoms with Gasteiger partial charge in [0.1, 0.15) is 5.82 Å². The Kier molecular flexibility index (Phi) is 2.91. The molecule has 0 radical (unpaired) electrons. The lowest BCUT2D eigenvalue weighted by molar-refractivity contribution is 0.0690. The van der Waals surface area contributed by atoms with Crippen LogP contribution in [0.1, 0.15) is 23.3 Å². The van der Waals surface area contributed by atoms with Crippen LogP contribution in [0.3, 0.4) is 0 Å². The Morgan fingerprint density at radius 3 is 2.56 bits per heavy atom. The molecule has 1 aliphatic carbocycles. The quantitative estimate of drug-likeness (QED) is 0.865. The summed E-state index contributed by atoms with van der Waals surface area (Å²) in [5.74, 6) is -0.182. The minimum Gasteiger partial charge on any atom is -0.477 e. The number of hydrogen-bond donors (Lipinski definition) is 1. The molecule has 1 saturated heterocycles. The summed E-state index contributed by atoms with van der Waals surface area (Å²) < 4.78 is 0. The molecule has 18 heavy (non-hydrogen) atoms. The summed E-state index contributed by atoms with van der Waals surface area (Å²) in [6, 6.07) is 6.00. The Morgan fingerprint density at radius 1 is 1.22 bits per heavy atom. The summed E-state index contributed by atoms with van der Waals surface area (Å²) in [6.45, 7) is 3.99. The first kappa shape index (κ1) is 11.5. The van der Waals surface area contributed by atoms with Crippen LogP contribution < -0.4 is 4.90 Å². The molecule has 1 aliphatic heterocycles. The van der Waals surface area contributed by atoms with Crippen molar-refractivity contribution >= 4 is 11.8 Å². The van der Waals surface area contributed by atoms with Crippen LogP contribution in [-0.4, -0.2) is 53.2 Å². The first-order chi connectivity index (χ1) is 8.74. The SMILES string of the molecule is O=C(O)c1cccc(N2CCN(C3CC3)CC2)n1. The lowest BCUT2D eigenvalue weighted by Gasteiger charge is -2.35. The van der Waals surface area contributed by atoms with E-state index in [1.165, 1.54) is 18.9 Å². The van der Waals surface area contributed by atoms with E-state index in [1.54, 1.807) is 6.07 Å². The van der Waals surface area contributed by atoms with E-state index in [2.05, 4.69) is 14.8 Å². The molecule has 0 spiro atoms. The molecule has 0 bridgehead atoms. The second-order valence-electron chi connectivity index (χ2n) is 4.94. The van der Waals surface area contributed by atoms with Crippen molar-refractivity contribution in [3.8, 4) is 0 Å². The van der Waals surface area contributed by atoms with Crippen LogP contribution in [-0.2, 0) is 0 Å². The molecule has 2 heterocycles. The summed E-state index contributed by atoms with van der Waals surface area (Å²) in [6.07, 6.45) is 2.68. The van der Waals surface area contributed by atoms with E-state index in [4.69, 9.17) is 5.11 Å². The summed E-state index contributed by atoms with van der Waals surface area (Å²) in [4.78, 5) is 19.8. The fourth-order valence-electron chi connectivity index (χ4n) is 2.47. The number of piperazine rings is 1. The summed E-state index contributed by atoms with van der Waals surface area (Å²) in [5.41, 5.74) is 0.122. The number of hydrogen-bond acceptors (Lipinski definition) is 4. The third-order valence-electron chi connectivity index (χ3n) is 3.66. The average Bonchev–Trinajstić information content (AvgIpc) is 3.23. The number of anilines is 1. The second kappa shape index (κ2) is 4.57. The van der Waals surface area contributed by atoms with Crippen LogP contribution in [0.2, 0.25) is 0 Å². The number of carboxylic acid groups (broad SMARTS) is 1. The smallest absolute Gasteiger partial charge is 0.354 e. The van der Waals surface area contributed by atoms with Gasteiger partial charge in [0.15, 0.2) is 5.69 Å².